The van der Waals surface area contributed by atoms with Gasteiger partial charge < -0.3 is 19.9 Å². The van der Waals surface area contributed by atoms with E-state index in [2.05, 4.69) is 12.2 Å². The maximum atomic E-state index is 9.75. The van der Waals surface area contributed by atoms with Crippen LogP contribution in [0.1, 0.15) is 25.3 Å². The van der Waals surface area contributed by atoms with E-state index in [0.717, 1.165) is 25.1 Å². The Hall–Kier alpha value is -1.13. The predicted octanol–water partition coefficient (Wildman–Crippen LogP) is 2.72. The number of nitrogens with one attached hydrogen (secondary N) is 1. The highest BCUT2D eigenvalue weighted by Gasteiger charge is 2.10. The Morgan fingerprint density at radius 2 is 1.72 bits per heavy atom. The summed E-state index contributed by atoms with van der Waals surface area (Å²) < 4.78 is 10.2. The molecule has 1 aromatic rings. The summed E-state index contributed by atoms with van der Waals surface area (Å²) in [5.74, 6) is 0.931. The van der Waals surface area contributed by atoms with E-state index in [-0.39, 0.29) is 18.2 Å². The van der Waals surface area contributed by atoms with Gasteiger partial charge in [0.1, 0.15) is 0 Å². The Morgan fingerprint density at radius 3 is 2.17 bits per heavy atom. The van der Waals surface area contributed by atoms with Crippen molar-refractivity contribution in [1.82, 2.24) is 5.32 Å². The minimum Gasteiger partial charge on any atom is -0.502 e. The summed E-state index contributed by atoms with van der Waals surface area (Å²) in [5, 5.41) is 13.1. The quantitative estimate of drug-likeness (QED) is 0.752. The van der Waals surface area contributed by atoms with Crippen molar-refractivity contribution < 1.29 is 14.6 Å². The lowest BCUT2D eigenvalue weighted by Gasteiger charge is -2.11. The van der Waals surface area contributed by atoms with Crippen LogP contribution in [-0.4, -0.2) is 25.9 Å². The molecule has 0 saturated carbocycles. The van der Waals surface area contributed by atoms with Crippen LogP contribution in [-0.2, 0) is 6.54 Å². The zero-order valence-corrected chi connectivity index (χ0v) is 12.0. The van der Waals surface area contributed by atoms with Crippen LogP contribution in [0.3, 0.4) is 0 Å². The molecule has 0 atom stereocenters. The second-order valence-corrected chi connectivity index (χ2v) is 3.88. The average Bonchev–Trinajstić information content (AvgIpc) is 2.36. The number of hydrogen-bond acceptors (Lipinski definition) is 4. The monoisotopic (exact) mass is 275 g/mol. The topological polar surface area (TPSA) is 50.7 Å². The summed E-state index contributed by atoms with van der Waals surface area (Å²) in [5.41, 5.74) is 1.03. The van der Waals surface area contributed by atoms with Gasteiger partial charge in [-0.1, -0.05) is 13.3 Å². The average molecular weight is 276 g/mol. The second kappa shape index (κ2) is 8.89. The van der Waals surface area contributed by atoms with Crippen LogP contribution in [0.4, 0.5) is 0 Å². The minimum atomic E-state index is 0. The Bertz CT molecular complexity index is 333. The van der Waals surface area contributed by atoms with Crippen LogP contribution in [0.25, 0.3) is 0 Å². The molecule has 1 aromatic carbocycles. The van der Waals surface area contributed by atoms with Gasteiger partial charge in [-0.05, 0) is 30.7 Å². The molecule has 4 nitrogen and oxygen atoms in total. The van der Waals surface area contributed by atoms with Gasteiger partial charge in [0.15, 0.2) is 11.5 Å². The van der Waals surface area contributed by atoms with Gasteiger partial charge in [0, 0.05) is 6.54 Å². The molecule has 0 radical (unpaired) electrons. The summed E-state index contributed by atoms with van der Waals surface area (Å²) in [6, 6.07) is 3.63. The molecule has 0 heterocycles. The maximum Gasteiger partial charge on any atom is 0.200 e. The number of hydrogen-bond donors (Lipinski definition) is 2. The molecule has 18 heavy (non-hydrogen) atoms. The molecule has 0 aliphatic rings. The Morgan fingerprint density at radius 1 is 1.17 bits per heavy atom. The van der Waals surface area contributed by atoms with Crippen LogP contribution in [0.15, 0.2) is 12.1 Å². The lowest BCUT2D eigenvalue weighted by atomic mass is 10.1. The normalized spacial score (nSPS) is 9.72. The van der Waals surface area contributed by atoms with Crippen LogP contribution in [0.5, 0.6) is 17.2 Å². The third-order valence-electron chi connectivity index (χ3n) is 2.58. The minimum absolute atomic E-state index is 0. The molecule has 0 bridgehead atoms. The molecular formula is C13H22ClNO3. The van der Waals surface area contributed by atoms with Gasteiger partial charge in [0.2, 0.25) is 5.75 Å². The van der Waals surface area contributed by atoms with Crippen molar-refractivity contribution in [3.63, 3.8) is 0 Å². The first-order valence-corrected chi connectivity index (χ1v) is 5.87. The molecule has 5 heteroatoms. The van der Waals surface area contributed by atoms with E-state index >= 15 is 0 Å². The number of rotatable bonds is 7. The molecule has 0 aromatic heterocycles. The van der Waals surface area contributed by atoms with E-state index in [1.54, 1.807) is 0 Å². The van der Waals surface area contributed by atoms with Gasteiger partial charge in [0.05, 0.1) is 14.2 Å². The van der Waals surface area contributed by atoms with Gasteiger partial charge in [-0.3, -0.25) is 0 Å². The Balaban J connectivity index is 0.00000289. The van der Waals surface area contributed by atoms with Gasteiger partial charge in [-0.2, -0.15) is 0 Å². The number of benzene rings is 1. The van der Waals surface area contributed by atoms with Crippen LogP contribution in [0.2, 0.25) is 0 Å². The lowest BCUT2D eigenvalue weighted by molar-refractivity contribution is 0.339. The predicted molar refractivity (Wildman–Crippen MR) is 75.1 cm³/mol. The maximum absolute atomic E-state index is 9.75. The van der Waals surface area contributed by atoms with Crippen LogP contribution in [0, 0.1) is 0 Å². The molecule has 1 rings (SSSR count). The van der Waals surface area contributed by atoms with E-state index in [0.29, 0.717) is 11.5 Å². The summed E-state index contributed by atoms with van der Waals surface area (Å²) in [6.45, 7) is 3.89. The van der Waals surface area contributed by atoms with Crippen molar-refractivity contribution >= 4 is 12.4 Å². The standard InChI is InChI=1S/C13H21NO3.ClH/c1-4-5-6-14-9-10-7-11(16-2)13(15)12(8-10)17-3;/h7-8,14-15H,4-6,9H2,1-3H3;1H. The second-order valence-electron chi connectivity index (χ2n) is 3.88. The molecular weight excluding hydrogens is 254 g/mol. The number of unbranched alkanes of at least 4 members (excludes halogenated alkanes) is 1. The fourth-order valence-corrected chi connectivity index (χ4v) is 1.58. The third-order valence-corrected chi connectivity index (χ3v) is 2.58. The zero-order valence-electron chi connectivity index (χ0n) is 11.2. The highest BCUT2D eigenvalue weighted by Crippen LogP contribution is 2.36. The number of phenols is 1. The first-order chi connectivity index (χ1) is 8.22. The highest BCUT2D eigenvalue weighted by molar-refractivity contribution is 5.85. The SMILES string of the molecule is CCCCNCc1cc(OC)c(O)c(OC)c1.Cl. The van der Waals surface area contributed by atoms with Crippen molar-refractivity contribution in [2.24, 2.45) is 0 Å². The third kappa shape index (κ3) is 4.63. The molecule has 2 N–H and O–H groups in total. The zero-order chi connectivity index (χ0) is 12.7. The van der Waals surface area contributed by atoms with Crippen molar-refractivity contribution in [2.75, 3.05) is 20.8 Å². The molecule has 0 saturated heterocycles. The fraction of sp³-hybridized carbons (Fsp3) is 0.538. The molecule has 0 aliphatic heterocycles. The highest BCUT2D eigenvalue weighted by atomic mass is 35.5. The van der Waals surface area contributed by atoms with E-state index in [9.17, 15) is 5.11 Å². The van der Waals surface area contributed by atoms with E-state index in [1.165, 1.54) is 20.6 Å². The summed E-state index contributed by atoms with van der Waals surface area (Å²) in [7, 11) is 3.06. The molecule has 104 valence electrons. The van der Waals surface area contributed by atoms with Gasteiger partial charge in [-0.15, -0.1) is 12.4 Å². The number of halogens is 1. The van der Waals surface area contributed by atoms with Crippen LogP contribution >= 0.6 is 12.4 Å². The first kappa shape index (κ1) is 16.9. The van der Waals surface area contributed by atoms with Crippen molar-refractivity contribution in [3.8, 4) is 17.2 Å². The fourth-order valence-electron chi connectivity index (χ4n) is 1.58. The van der Waals surface area contributed by atoms with Gasteiger partial charge >= 0.3 is 0 Å². The van der Waals surface area contributed by atoms with Crippen molar-refractivity contribution in [2.45, 2.75) is 26.3 Å². The number of methoxy groups -OCH3 is 2. The lowest BCUT2D eigenvalue weighted by Crippen LogP contribution is -2.14. The largest absolute Gasteiger partial charge is 0.502 e. The first-order valence-electron chi connectivity index (χ1n) is 5.87. The smallest absolute Gasteiger partial charge is 0.200 e. The summed E-state index contributed by atoms with van der Waals surface area (Å²) in [4.78, 5) is 0. The summed E-state index contributed by atoms with van der Waals surface area (Å²) in [6.07, 6.45) is 2.33. The van der Waals surface area contributed by atoms with Gasteiger partial charge in [0.25, 0.3) is 0 Å². The Kier molecular flexibility index (Phi) is 8.33. The molecule has 0 aliphatic carbocycles. The van der Waals surface area contributed by atoms with E-state index in [4.69, 9.17) is 9.47 Å². The number of ether oxygens (including phenoxy) is 2. The van der Waals surface area contributed by atoms with E-state index in [1.807, 2.05) is 12.1 Å². The molecule has 0 amide bonds. The molecule has 0 spiro atoms. The number of phenolic OH excluding ortho intramolecular Hbond substituents is 1. The number of aromatic hydroxyl groups is 1. The molecule has 0 fully saturated rings. The van der Waals surface area contributed by atoms with Gasteiger partial charge in [-0.25, -0.2) is 0 Å². The van der Waals surface area contributed by atoms with E-state index < -0.39 is 0 Å². The van der Waals surface area contributed by atoms with Crippen molar-refractivity contribution in [1.29, 1.82) is 0 Å². The van der Waals surface area contributed by atoms with Crippen LogP contribution < -0.4 is 14.8 Å². The Labute approximate surface area is 115 Å². The van der Waals surface area contributed by atoms with Crippen molar-refractivity contribution in [3.05, 3.63) is 17.7 Å². The molecule has 0 unspecified atom stereocenters. The summed E-state index contributed by atoms with van der Waals surface area (Å²) >= 11 is 0.